The number of furan rings is 1. The first kappa shape index (κ1) is 32.6. The lowest BCUT2D eigenvalue weighted by Crippen LogP contribution is -2.39. The molecule has 5 rings (SSSR count). The number of amides is 1. The fourth-order valence-corrected chi connectivity index (χ4v) is 8.10. The third-order valence-corrected chi connectivity index (χ3v) is 11.2. The molecule has 45 heavy (non-hydrogen) atoms. The van der Waals surface area contributed by atoms with Crippen molar-refractivity contribution >= 4 is 42.6 Å². The van der Waals surface area contributed by atoms with Gasteiger partial charge >= 0.3 is 0 Å². The number of nitrogens with one attached hydrogen (secondary N) is 2. The van der Waals surface area contributed by atoms with Crippen molar-refractivity contribution in [3.63, 3.8) is 0 Å². The zero-order chi connectivity index (χ0) is 32.7. The monoisotopic (exact) mass is 659 g/mol. The van der Waals surface area contributed by atoms with Gasteiger partial charge in [0, 0.05) is 49.9 Å². The van der Waals surface area contributed by atoms with E-state index < -0.39 is 37.7 Å². The van der Waals surface area contributed by atoms with Crippen LogP contribution >= 0.6 is 0 Å². The third kappa shape index (κ3) is 6.63. The molecule has 11 nitrogen and oxygen atoms in total. The Bertz CT molecular complexity index is 1950. The molecule has 14 heteroatoms. The highest BCUT2D eigenvalue weighted by molar-refractivity contribution is 7.92. The first-order valence-electron chi connectivity index (χ1n) is 14.9. The molecule has 2 aromatic carbocycles. The van der Waals surface area contributed by atoms with Crippen LogP contribution in [0.3, 0.4) is 0 Å². The summed E-state index contributed by atoms with van der Waals surface area (Å²) < 4.78 is 78.9. The second-order valence-electron chi connectivity index (χ2n) is 11.7. The molecule has 0 radical (unpaired) electrons. The number of nitrogens with zero attached hydrogens (tertiary/aromatic N) is 3. The Morgan fingerprint density at radius 3 is 2.51 bits per heavy atom. The summed E-state index contributed by atoms with van der Waals surface area (Å²) in [5, 5.41) is 7.47. The van der Waals surface area contributed by atoms with Crippen molar-refractivity contribution in [3.05, 3.63) is 65.2 Å². The zero-order valence-corrected chi connectivity index (χ0v) is 27.6. The van der Waals surface area contributed by atoms with Gasteiger partial charge in [-0.15, -0.1) is 0 Å². The van der Waals surface area contributed by atoms with Crippen molar-refractivity contribution in [1.29, 1.82) is 0 Å². The van der Waals surface area contributed by atoms with E-state index in [1.54, 1.807) is 23.9 Å². The summed E-state index contributed by atoms with van der Waals surface area (Å²) in [4.78, 5) is 13.3. The molecule has 1 amide bonds. The Morgan fingerprint density at radius 1 is 1.16 bits per heavy atom. The molecule has 2 N–H and O–H groups in total. The minimum atomic E-state index is -3.91. The first-order chi connectivity index (χ1) is 21.2. The lowest BCUT2D eigenvalue weighted by atomic mass is 9.89. The SMILES string of the molecule is CCS(=O)(=O)Nc1cc2oc(-c3ccc(F)cc3)c(C(=O)NC)c2cc1[C@H]1CCCN(S(=O)(=O)c2cn(CC(C)C)nc2C)C1. The Labute approximate surface area is 262 Å². The lowest BCUT2D eigenvalue weighted by Gasteiger charge is -2.33. The van der Waals surface area contributed by atoms with Gasteiger partial charge in [0.2, 0.25) is 20.0 Å². The molecule has 2 aromatic heterocycles. The molecule has 1 aliphatic rings. The van der Waals surface area contributed by atoms with Crippen LogP contribution in [-0.4, -0.2) is 62.7 Å². The summed E-state index contributed by atoms with van der Waals surface area (Å²) in [7, 11) is -6.16. The molecule has 1 fully saturated rings. The number of hydrogen-bond acceptors (Lipinski definition) is 7. The summed E-state index contributed by atoms with van der Waals surface area (Å²) in [6.45, 7) is 8.23. The van der Waals surface area contributed by atoms with Crippen LogP contribution in [-0.2, 0) is 26.6 Å². The van der Waals surface area contributed by atoms with Gasteiger partial charge in [0.15, 0.2) is 0 Å². The van der Waals surface area contributed by atoms with Crippen molar-refractivity contribution in [3.8, 4) is 11.3 Å². The van der Waals surface area contributed by atoms with Gasteiger partial charge in [-0.1, -0.05) is 13.8 Å². The quantitative estimate of drug-likeness (QED) is 0.241. The van der Waals surface area contributed by atoms with Crippen molar-refractivity contribution < 1.29 is 30.4 Å². The Morgan fingerprint density at radius 2 is 1.87 bits per heavy atom. The van der Waals surface area contributed by atoms with Gasteiger partial charge < -0.3 is 9.73 Å². The fourth-order valence-electron chi connectivity index (χ4n) is 5.75. The first-order valence-corrected chi connectivity index (χ1v) is 18.0. The van der Waals surface area contributed by atoms with Gasteiger partial charge in [0.25, 0.3) is 5.91 Å². The van der Waals surface area contributed by atoms with Crippen molar-refractivity contribution in [1.82, 2.24) is 19.4 Å². The molecule has 0 spiro atoms. The molecule has 242 valence electrons. The predicted molar refractivity (Wildman–Crippen MR) is 171 cm³/mol. The molecule has 1 atom stereocenters. The van der Waals surface area contributed by atoms with Gasteiger partial charge in [0.05, 0.1) is 22.7 Å². The summed E-state index contributed by atoms with van der Waals surface area (Å²) in [5.41, 5.74) is 2.13. The van der Waals surface area contributed by atoms with Crippen molar-refractivity contribution in [2.45, 2.75) is 57.9 Å². The number of aryl methyl sites for hydroxylation is 1. The fraction of sp³-hybridized carbons (Fsp3) is 0.419. The Balaban J connectivity index is 1.62. The minimum absolute atomic E-state index is 0.0987. The second kappa shape index (κ2) is 12.6. The summed E-state index contributed by atoms with van der Waals surface area (Å²) in [5.74, 6) is -0.993. The van der Waals surface area contributed by atoms with Crippen molar-refractivity contribution in [2.24, 2.45) is 5.92 Å². The number of aromatic nitrogens is 2. The van der Waals surface area contributed by atoms with Gasteiger partial charge in [-0.05, 0) is 74.4 Å². The number of carbonyl (C=O) groups excluding carboxylic acids is 1. The van der Waals surface area contributed by atoms with E-state index in [1.165, 1.54) is 48.6 Å². The van der Waals surface area contributed by atoms with Gasteiger partial charge in [-0.2, -0.15) is 9.40 Å². The van der Waals surface area contributed by atoms with E-state index >= 15 is 0 Å². The summed E-state index contributed by atoms with van der Waals surface area (Å²) in [6.07, 6.45) is 2.69. The van der Waals surface area contributed by atoms with Crippen LogP contribution in [0.15, 0.2) is 51.9 Å². The van der Waals surface area contributed by atoms with Gasteiger partial charge in [-0.25, -0.2) is 21.2 Å². The van der Waals surface area contributed by atoms with Crippen LogP contribution < -0.4 is 10.0 Å². The molecule has 1 aliphatic heterocycles. The van der Waals surface area contributed by atoms with E-state index in [2.05, 4.69) is 15.1 Å². The number of anilines is 1. The third-order valence-electron chi connectivity index (χ3n) is 7.96. The molecule has 3 heterocycles. The van der Waals surface area contributed by atoms with Crippen LogP contribution in [0.2, 0.25) is 0 Å². The molecule has 0 bridgehead atoms. The largest absolute Gasteiger partial charge is 0.455 e. The smallest absolute Gasteiger partial charge is 0.255 e. The van der Waals surface area contributed by atoms with E-state index in [4.69, 9.17) is 4.42 Å². The van der Waals surface area contributed by atoms with Gasteiger partial charge in [-0.3, -0.25) is 14.2 Å². The highest BCUT2D eigenvalue weighted by Gasteiger charge is 2.35. The molecule has 0 aliphatic carbocycles. The predicted octanol–water partition coefficient (Wildman–Crippen LogP) is 5.09. The maximum atomic E-state index is 13.9. The Hall–Kier alpha value is -3.75. The number of rotatable bonds is 10. The summed E-state index contributed by atoms with van der Waals surface area (Å²) in [6, 6.07) is 8.75. The Kier molecular flexibility index (Phi) is 9.11. The van der Waals surface area contributed by atoms with Crippen LogP contribution in [0.4, 0.5) is 10.1 Å². The molecule has 0 unspecified atom stereocenters. The topological polar surface area (TPSA) is 144 Å². The number of fused-ring (bicyclic) bond motifs is 1. The number of halogens is 1. The number of piperidine rings is 1. The van der Waals surface area contributed by atoms with Crippen molar-refractivity contribution in [2.75, 3.05) is 30.6 Å². The average molecular weight is 660 g/mol. The number of benzene rings is 2. The maximum Gasteiger partial charge on any atom is 0.255 e. The van der Waals surface area contributed by atoms with Crippen LogP contribution in [0.25, 0.3) is 22.3 Å². The molecular weight excluding hydrogens is 622 g/mol. The molecular formula is C31H38FN5O6S2. The molecule has 1 saturated heterocycles. The number of carbonyl (C=O) groups is 1. The van der Waals surface area contributed by atoms with E-state index in [1.807, 2.05) is 13.8 Å². The van der Waals surface area contributed by atoms with E-state index in [-0.39, 0.29) is 45.7 Å². The standard InChI is InChI=1S/C31H38FN5O6S2/c1-6-44(39,40)35-26-15-27-25(29(31(38)33-5)30(43-27)21-9-11-23(32)12-10-21)14-24(26)22-8-7-13-37(17-22)45(41,42)28-18-36(16-19(2)3)34-20(28)4/h9-12,14-15,18-19,22,35H,6-8,13,16-17H2,1-5H3,(H,33,38)/t22-/m0/s1. The van der Waals surface area contributed by atoms with E-state index in [0.29, 0.717) is 48.1 Å². The zero-order valence-electron chi connectivity index (χ0n) is 25.9. The number of sulfonamides is 2. The second-order valence-corrected chi connectivity index (χ2v) is 15.6. The minimum Gasteiger partial charge on any atom is -0.455 e. The van der Waals surface area contributed by atoms with E-state index in [0.717, 1.165) is 0 Å². The van der Waals surface area contributed by atoms with Crippen LogP contribution in [0, 0.1) is 18.7 Å². The number of hydrogen-bond donors (Lipinski definition) is 2. The molecule has 0 saturated carbocycles. The molecule has 4 aromatic rings. The van der Waals surface area contributed by atoms with Crippen LogP contribution in [0.1, 0.15) is 61.1 Å². The highest BCUT2D eigenvalue weighted by Crippen LogP contribution is 2.41. The normalized spacial score (nSPS) is 16.4. The van der Waals surface area contributed by atoms with Crippen LogP contribution in [0.5, 0.6) is 0 Å². The lowest BCUT2D eigenvalue weighted by molar-refractivity contribution is 0.0964. The summed E-state index contributed by atoms with van der Waals surface area (Å²) >= 11 is 0. The van der Waals surface area contributed by atoms with E-state index in [9.17, 15) is 26.0 Å². The maximum absolute atomic E-state index is 13.9. The van der Waals surface area contributed by atoms with Gasteiger partial charge in [0.1, 0.15) is 22.1 Å². The highest BCUT2D eigenvalue weighted by atomic mass is 32.2. The average Bonchev–Trinajstić information content (AvgIpc) is 3.56.